The average Bonchev–Trinajstić information content (AvgIpc) is 2.30. The molecule has 116 valence electrons. The molecule has 0 aliphatic rings. The lowest BCUT2D eigenvalue weighted by molar-refractivity contribution is 0.272. The second-order valence-corrected chi connectivity index (χ2v) is 17.7. The van der Waals surface area contributed by atoms with Crippen molar-refractivity contribution in [2.24, 2.45) is 0 Å². The zero-order chi connectivity index (χ0) is 15.2. The fourth-order valence-electron chi connectivity index (χ4n) is 2.94. The lowest BCUT2D eigenvalue weighted by Gasteiger charge is -2.41. The first kappa shape index (κ1) is 19.6. The van der Waals surface area contributed by atoms with Crippen molar-refractivity contribution in [3.63, 3.8) is 0 Å². The Morgan fingerprint density at radius 1 is 0.842 bits per heavy atom. The van der Waals surface area contributed by atoms with E-state index >= 15 is 0 Å². The molecule has 0 fully saturated rings. The van der Waals surface area contributed by atoms with Crippen LogP contribution >= 0.6 is 0 Å². The minimum Gasteiger partial charge on any atom is -0.350 e. The summed E-state index contributed by atoms with van der Waals surface area (Å²) < 4.78 is 5.86. The van der Waals surface area contributed by atoms with Crippen LogP contribution < -0.4 is 0 Å². The average molecular weight is 319 g/mol. The Morgan fingerprint density at radius 3 is 1.53 bits per heavy atom. The van der Waals surface area contributed by atoms with Gasteiger partial charge in [0.05, 0.1) is 18.4 Å². The normalized spacial score (nSPS) is 17.7. The molecule has 5 heteroatoms. The molecule has 2 nitrogen and oxygen atoms in total. The monoisotopic (exact) mass is 318 g/mol. The minimum absolute atomic E-state index is 0.0182. The van der Waals surface area contributed by atoms with Crippen LogP contribution in [0.15, 0.2) is 0 Å². The number of hydrogen-bond acceptors (Lipinski definition) is 2. The van der Waals surface area contributed by atoms with Gasteiger partial charge in [-0.1, -0.05) is 61.2 Å². The van der Waals surface area contributed by atoms with Crippen LogP contribution in [0.5, 0.6) is 0 Å². The summed E-state index contributed by atoms with van der Waals surface area (Å²) in [5.74, 6) is 0. The minimum atomic E-state index is -1.10. The van der Waals surface area contributed by atoms with E-state index in [1.807, 2.05) is 0 Å². The second-order valence-electron chi connectivity index (χ2n) is 7.21. The third-order valence-electron chi connectivity index (χ3n) is 4.40. The van der Waals surface area contributed by atoms with Crippen LogP contribution in [0, 0.1) is 0 Å². The summed E-state index contributed by atoms with van der Waals surface area (Å²) in [7, 11) is -1.15. The molecule has 0 aliphatic heterocycles. The summed E-state index contributed by atoms with van der Waals surface area (Å²) in [5, 5.41) is 0. The maximum absolute atomic E-state index is 2.96. The van der Waals surface area contributed by atoms with Gasteiger partial charge in [-0.25, -0.2) is 0 Å². The predicted octanol–water partition coefficient (Wildman–Crippen LogP) is 2.51. The van der Waals surface area contributed by atoms with Crippen molar-refractivity contribution in [2.45, 2.75) is 92.2 Å². The third kappa shape index (κ3) is 6.71. The van der Waals surface area contributed by atoms with Crippen LogP contribution in [-0.2, 0) is 0 Å². The lowest BCUT2D eigenvalue weighted by atomic mass is 10.2. The maximum atomic E-state index is 2.96. The number of rotatable bonds is 9. The van der Waals surface area contributed by atoms with Crippen LogP contribution in [0.1, 0.15) is 54.4 Å². The van der Waals surface area contributed by atoms with E-state index < -0.39 is 8.24 Å². The summed E-state index contributed by atoms with van der Waals surface area (Å²) in [6.45, 7) is 21.9. The molecule has 0 radical (unpaired) electrons. The van der Waals surface area contributed by atoms with Crippen molar-refractivity contribution in [1.82, 2.24) is 8.80 Å². The standard InChI is InChI=1S/C14H38N2Si3/c1-10-13(5)15(14(6)11-2)17-18-16(12(3)4)19(7,8)9/h12-14H,10-11,17-18H2,1-9H3. The van der Waals surface area contributed by atoms with Crippen LogP contribution in [0.3, 0.4) is 0 Å². The summed E-state index contributed by atoms with van der Waals surface area (Å²) in [6.07, 6.45) is 2.61. The van der Waals surface area contributed by atoms with Crippen molar-refractivity contribution >= 4 is 26.6 Å². The molecule has 0 aromatic heterocycles. The van der Waals surface area contributed by atoms with Crippen LogP contribution in [0.4, 0.5) is 0 Å². The largest absolute Gasteiger partial charge is 0.350 e. The molecule has 0 spiro atoms. The zero-order valence-electron chi connectivity index (χ0n) is 15.0. The molecule has 0 amide bonds. The van der Waals surface area contributed by atoms with E-state index in [1.54, 1.807) is 0 Å². The third-order valence-corrected chi connectivity index (χ3v) is 18.3. The van der Waals surface area contributed by atoms with Gasteiger partial charge in [0.15, 0.2) is 0 Å². The summed E-state index contributed by atoms with van der Waals surface area (Å²) in [4.78, 5) is 0. The maximum Gasteiger partial charge on any atom is 0.112 e. The van der Waals surface area contributed by atoms with Crippen molar-refractivity contribution in [3.8, 4) is 0 Å². The molecule has 0 saturated carbocycles. The van der Waals surface area contributed by atoms with Crippen LogP contribution in [0.2, 0.25) is 19.6 Å². The highest BCUT2D eigenvalue weighted by Gasteiger charge is 2.27. The van der Waals surface area contributed by atoms with Gasteiger partial charge in [0.25, 0.3) is 0 Å². The zero-order valence-corrected chi connectivity index (χ0v) is 18.8. The van der Waals surface area contributed by atoms with Gasteiger partial charge in [0.1, 0.15) is 8.24 Å². The Kier molecular flexibility index (Phi) is 9.03. The molecule has 0 saturated heterocycles. The van der Waals surface area contributed by atoms with Gasteiger partial charge in [-0.3, -0.25) is 0 Å². The quantitative estimate of drug-likeness (QED) is 0.603. The molecule has 0 aliphatic carbocycles. The molecule has 2 atom stereocenters. The SMILES string of the molecule is CCC(C)N([SiH2][SiH2]N(C(C)C)[Si](C)(C)C)C(C)CC. The predicted molar refractivity (Wildman–Crippen MR) is 98.8 cm³/mol. The molecule has 0 bridgehead atoms. The van der Waals surface area contributed by atoms with Gasteiger partial charge in [0.2, 0.25) is 0 Å². The lowest BCUT2D eigenvalue weighted by Crippen LogP contribution is -2.57. The second kappa shape index (κ2) is 8.77. The van der Waals surface area contributed by atoms with E-state index in [0.717, 1.165) is 18.1 Å². The Morgan fingerprint density at radius 2 is 1.26 bits per heavy atom. The van der Waals surface area contributed by atoms with Gasteiger partial charge in [-0.15, -0.1) is 0 Å². The van der Waals surface area contributed by atoms with E-state index in [1.165, 1.54) is 12.8 Å². The molecule has 2 unspecified atom stereocenters. The first-order valence-corrected chi connectivity index (χ1v) is 16.9. The van der Waals surface area contributed by atoms with Crippen molar-refractivity contribution in [1.29, 1.82) is 0 Å². The highest BCUT2D eigenvalue weighted by atomic mass is 29.2. The molecule has 0 aromatic rings. The van der Waals surface area contributed by atoms with Gasteiger partial charge >= 0.3 is 0 Å². The Labute approximate surface area is 128 Å². The van der Waals surface area contributed by atoms with E-state index in [-0.39, 0.29) is 18.4 Å². The molecule has 0 rings (SSSR count). The molecular formula is C14H38N2Si3. The molecular weight excluding hydrogens is 280 g/mol. The van der Waals surface area contributed by atoms with E-state index in [9.17, 15) is 0 Å². The fourth-order valence-corrected chi connectivity index (χ4v) is 22.0. The van der Waals surface area contributed by atoms with Crippen LogP contribution in [-0.4, -0.2) is 53.6 Å². The van der Waals surface area contributed by atoms with Gasteiger partial charge in [-0.2, -0.15) is 0 Å². The molecule has 0 aromatic carbocycles. The Balaban J connectivity index is 4.68. The fraction of sp³-hybridized carbons (Fsp3) is 1.00. The van der Waals surface area contributed by atoms with Crippen molar-refractivity contribution < 1.29 is 0 Å². The first-order chi connectivity index (χ1) is 8.65. The highest BCUT2D eigenvalue weighted by Crippen LogP contribution is 2.14. The van der Waals surface area contributed by atoms with Crippen LogP contribution in [0.25, 0.3) is 0 Å². The van der Waals surface area contributed by atoms with Crippen molar-refractivity contribution in [3.05, 3.63) is 0 Å². The highest BCUT2D eigenvalue weighted by molar-refractivity contribution is 7.02. The van der Waals surface area contributed by atoms with Gasteiger partial charge in [-0.05, 0) is 31.0 Å². The van der Waals surface area contributed by atoms with E-state index in [2.05, 4.69) is 70.0 Å². The molecule has 0 N–H and O–H groups in total. The number of hydrogen-bond donors (Lipinski definition) is 0. The summed E-state index contributed by atoms with van der Waals surface area (Å²) in [5.41, 5.74) is 0. The topological polar surface area (TPSA) is 6.48 Å². The smallest absolute Gasteiger partial charge is 0.112 e. The Hall–Kier alpha value is 0.571. The van der Waals surface area contributed by atoms with E-state index in [4.69, 9.17) is 0 Å². The van der Waals surface area contributed by atoms with Gasteiger partial charge in [0, 0.05) is 0 Å². The van der Waals surface area contributed by atoms with Crippen molar-refractivity contribution in [2.75, 3.05) is 0 Å². The summed E-state index contributed by atoms with van der Waals surface area (Å²) in [6, 6.07) is 2.36. The molecule has 0 heterocycles. The van der Waals surface area contributed by atoms with Gasteiger partial charge < -0.3 is 8.80 Å². The summed E-state index contributed by atoms with van der Waals surface area (Å²) >= 11 is 0. The van der Waals surface area contributed by atoms with E-state index in [0.29, 0.717) is 0 Å². The first-order valence-electron chi connectivity index (χ1n) is 8.17. The molecule has 19 heavy (non-hydrogen) atoms. The Bertz CT molecular complexity index is 231. The number of nitrogens with zero attached hydrogens (tertiary/aromatic N) is 2.